The van der Waals surface area contributed by atoms with Crippen molar-refractivity contribution in [3.63, 3.8) is 0 Å². The quantitative estimate of drug-likeness (QED) is 0.689. The molecule has 0 aromatic heterocycles. The second kappa shape index (κ2) is 4.43. The predicted molar refractivity (Wildman–Crippen MR) is 59.3 cm³/mol. The minimum absolute atomic E-state index is 0.164. The fraction of sp³-hybridized carbons (Fsp3) is 0.917. The molecule has 0 N–H and O–H groups in total. The number of likely N-dealkylation sites (tertiary alicyclic amines) is 1. The zero-order valence-corrected chi connectivity index (χ0v) is 9.97. The third-order valence-electron chi connectivity index (χ3n) is 3.87. The first-order valence-electron chi connectivity index (χ1n) is 5.68. The molecule has 2 nitrogen and oxygen atoms in total. The lowest BCUT2D eigenvalue weighted by atomic mass is 9.76. The van der Waals surface area contributed by atoms with Crippen LogP contribution < -0.4 is 0 Å². The van der Waals surface area contributed by atoms with E-state index in [-0.39, 0.29) is 5.41 Å². The van der Waals surface area contributed by atoms with E-state index in [2.05, 4.69) is 25.7 Å². The smallest absolute Gasteiger partial charge is 0.135 e. The fourth-order valence-corrected chi connectivity index (χ4v) is 1.93. The van der Waals surface area contributed by atoms with Crippen LogP contribution in [0.1, 0.15) is 40.5 Å². The van der Waals surface area contributed by atoms with E-state index in [9.17, 15) is 4.79 Å². The van der Waals surface area contributed by atoms with Crippen molar-refractivity contribution < 1.29 is 4.79 Å². The molecule has 1 heterocycles. The van der Waals surface area contributed by atoms with Crippen LogP contribution in [0.3, 0.4) is 0 Å². The first-order valence-corrected chi connectivity index (χ1v) is 5.68. The monoisotopic (exact) mass is 197 g/mol. The second-order valence-electron chi connectivity index (χ2n) is 5.19. The van der Waals surface area contributed by atoms with Gasteiger partial charge >= 0.3 is 0 Å². The summed E-state index contributed by atoms with van der Waals surface area (Å²) in [5, 5.41) is 0. The Morgan fingerprint density at radius 3 is 2.29 bits per heavy atom. The number of Topliss-reactive ketones (excluding diaryl/α,β-unsaturated/α-hetero) is 1. The first-order chi connectivity index (χ1) is 6.44. The molecular weight excluding hydrogens is 174 g/mol. The Bertz CT molecular complexity index is 204. The number of carbonyl (C=O) groups excluding carboxylic acids is 1. The van der Waals surface area contributed by atoms with Gasteiger partial charge in [-0.2, -0.15) is 0 Å². The van der Waals surface area contributed by atoms with Crippen molar-refractivity contribution in [2.24, 2.45) is 11.3 Å². The van der Waals surface area contributed by atoms with Crippen LogP contribution in [0.4, 0.5) is 0 Å². The van der Waals surface area contributed by atoms with E-state index in [1.54, 1.807) is 6.92 Å². The lowest BCUT2D eigenvalue weighted by Gasteiger charge is -2.32. The summed E-state index contributed by atoms with van der Waals surface area (Å²) < 4.78 is 0. The molecule has 0 amide bonds. The third kappa shape index (κ3) is 2.57. The zero-order chi connectivity index (χ0) is 10.8. The summed E-state index contributed by atoms with van der Waals surface area (Å²) >= 11 is 0. The Hall–Kier alpha value is -0.370. The summed E-state index contributed by atoms with van der Waals surface area (Å²) in [5.41, 5.74) is -0.164. The van der Waals surface area contributed by atoms with E-state index in [4.69, 9.17) is 0 Å². The third-order valence-corrected chi connectivity index (χ3v) is 3.87. The molecule has 82 valence electrons. The van der Waals surface area contributed by atoms with Crippen LogP contribution in [0.15, 0.2) is 0 Å². The van der Waals surface area contributed by atoms with E-state index in [0.717, 1.165) is 6.54 Å². The summed E-state index contributed by atoms with van der Waals surface area (Å²) in [5.74, 6) is 0.766. The molecule has 1 aliphatic rings. The largest absolute Gasteiger partial charge is 0.303 e. The molecule has 0 spiro atoms. The normalized spacial score (nSPS) is 21.1. The van der Waals surface area contributed by atoms with Gasteiger partial charge in [-0.25, -0.2) is 0 Å². The number of nitrogens with zero attached hydrogens (tertiary/aromatic N) is 1. The highest BCUT2D eigenvalue weighted by Crippen LogP contribution is 2.29. The van der Waals surface area contributed by atoms with Gasteiger partial charge in [-0.15, -0.1) is 0 Å². The molecule has 1 atom stereocenters. The van der Waals surface area contributed by atoms with Gasteiger partial charge in [0.15, 0.2) is 0 Å². The van der Waals surface area contributed by atoms with E-state index < -0.39 is 0 Å². The molecule has 0 bridgehead atoms. The molecule has 0 saturated carbocycles. The summed E-state index contributed by atoms with van der Waals surface area (Å²) in [6.45, 7) is 11.6. The van der Waals surface area contributed by atoms with Crippen LogP contribution >= 0.6 is 0 Å². The Balaban J connectivity index is 2.47. The Labute approximate surface area is 87.7 Å². The van der Waals surface area contributed by atoms with Gasteiger partial charge in [-0.1, -0.05) is 20.8 Å². The summed E-state index contributed by atoms with van der Waals surface area (Å²) in [6, 6.07) is 0. The van der Waals surface area contributed by atoms with Crippen LogP contribution in [0.25, 0.3) is 0 Å². The highest BCUT2D eigenvalue weighted by atomic mass is 16.1. The van der Waals surface area contributed by atoms with Crippen molar-refractivity contribution in [2.75, 3.05) is 19.6 Å². The molecule has 1 rings (SSSR count). The van der Waals surface area contributed by atoms with Crippen molar-refractivity contribution in [1.29, 1.82) is 0 Å². The molecule has 0 radical (unpaired) electrons. The van der Waals surface area contributed by atoms with Gasteiger partial charge < -0.3 is 4.90 Å². The number of carbonyl (C=O) groups is 1. The topological polar surface area (TPSA) is 20.3 Å². The van der Waals surface area contributed by atoms with Gasteiger partial charge in [0.2, 0.25) is 0 Å². The molecule has 14 heavy (non-hydrogen) atoms. The van der Waals surface area contributed by atoms with Crippen LogP contribution in [0.2, 0.25) is 0 Å². The molecule has 0 aliphatic carbocycles. The Morgan fingerprint density at radius 1 is 1.36 bits per heavy atom. The van der Waals surface area contributed by atoms with Crippen molar-refractivity contribution in [2.45, 2.75) is 40.5 Å². The van der Waals surface area contributed by atoms with E-state index >= 15 is 0 Å². The van der Waals surface area contributed by atoms with E-state index in [1.165, 1.54) is 25.9 Å². The van der Waals surface area contributed by atoms with E-state index in [0.29, 0.717) is 11.7 Å². The Morgan fingerprint density at radius 2 is 1.86 bits per heavy atom. The van der Waals surface area contributed by atoms with Crippen molar-refractivity contribution in [1.82, 2.24) is 4.90 Å². The van der Waals surface area contributed by atoms with Gasteiger partial charge in [0.25, 0.3) is 0 Å². The maximum atomic E-state index is 11.5. The van der Waals surface area contributed by atoms with Crippen LogP contribution in [-0.4, -0.2) is 30.3 Å². The highest BCUT2D eigenvalue weighted by Gasteiger charge is 2.32. The van der Waals surface area contributed by atoms with Gasteiger partial charge in [0.1, 0.15) is 5.78 Å². The maximum absolute atomic E-state index is 11.5. The highest BCUT2D eigenvalue weighted by molar-refractivity contribution is 5.81. The summed E-state index contributed by atoms with van der Waals surface area (Å²) in [4.78, 5) is 13.9. The molecule has 1 fully saturated rings. The van der Waals surface area contributed by atoms with Crippen LogP contribution in [-0.2, 0) is 4.79 Å². The van der Waals surface area contributed by atoms with Crippen molar-refractivity contribution in [3.8, 4) is 0 Å². The lowest BCUT2D eigenvalue weighted by molar-refractivity contribution is -0.127. The standard InChI is InChI=1S/C12H23NO/c1-10(12(3,4)11(2)14)9-13-7-5-6-8-13/h10H,5-9H2,1-4H3. The molecule has 0 aromatic rings. The van der Waals surface area contributed by atoms with Gasteiger partial charge in [0, 0.05) is 12.0 Å². The second-order valence-corrected chi connectivity index (χ2v) is 5.19. The lowest BCUT2D eigenvalue weighted by Crippen LogP contribution is -2.37. The number of ketones is 1. The first kappa shape index (κ1) is 11.7. The predicted octanol–water partition coefficient (Wildman–Crippen LogP) is 2.33. The summed E-state index contributed by atoms with van der Waals surface area (Å²) in [7, 11) is 0. The maximum Gasteiger partial charge on any atom is 0.135 e. The van der Waals surface area contributed by atoms with E-state index in [1.807, 2.05) is 0 Å². The van der Waals surface area contributed by atoms with Crippen LogP contribution in [0, 0.1) is 11.3 Å². The fourth-order valence-electron chi connectivity index (χ4n) is 1.93. The van der Waals surface area contributed by atoms with Crippen molar-refractivity contribution in [3.05, 3.63) is 0 Å². The Kier molecular flexibility index (Phi) is 3.71. The van der Waals surface area contributed by atoms with Crippen LogP contribution in [0.5, 0.6) is 0 Å². The molecule has 1 saturated heterocycles. The molecule has 0 aromatic carbocycles. The zero-order valence-electron chi connectivity index (χ0n) is 9.97. The molecular formula is C12H23NO. The summed E-state index contributed by atoms with van der Waals surface area (Å²) in [6.07, 6.45) is 2.65. The number of hydrogen-bond acceptors (Lipinski definition) is 2. The average molecular weight is 197 g/mol. The molecule has 1 aliphatic heterocycles. The average Bonchev–Trinajstić information content (AvgIpc) is 2.56. The number of hydrogen-bond donors (Lipinski definition) is 0. The SMILES string of the molecule is CC(=O)C(C)(C)C(C)CN1CCCC1. The van der Waals surface area contributed by atoms with Crippen molar-refractivity contribution >= 4 is 5.78 Å². The number of rotatable bonds is 4. The minimum atomic E-state index is -0.164. The molecule has 1 unspecified atom stereocenters. The minimum Gasteiger partial charge on any atom is -0.303 e. The van der Waals surface area contributed by atoms with Gasteiger partial charge in [-0.05, 0) is 38.8 Å². The van der Waals surface area contributed by atoms with Gasteiger partial charge in [0.05, 0.1) is 0 Å². The molecule has 2 heteroatoms. The van der Waals surface area contributed by atoms with Gasteiger partial charge in [-0.3, -0.25) is 4.79 Å².